The fraction of sp³-hybridized carbons (Fsp3) is 0.435. The fourth-order valence-corrected chi connectivity index (χ4v) is 4.68. The van der Waals surface area contributed by atoms with E-state index >= 15 is 0 Å². The van der Waals surface area contributed by atoms with E-state index in [-0.39, 0.29) is 17.5 Å². The zero-order valence-electron chi connectivity index (χ0n) is 17.2. The molecule has 7 nitrogen and oxygen atoms in total. The van der Waals surface area contributed by atoms with Crippen LogP contribution in [0, 0.1) is 0 Å². The van der Waals surface area contributed by atoms with Gasteiger partial charge in [-0.25, -0.2) is 4.79 Å². The summed E-state index contributed by atoms with van der Waals surface area (Å²) >= 11 is 0. The number of aromatic carboxylic acids is 1. The number of likely N-dealkylation sites (tertiary alicyclic amines) is 1. The number of amides is 1. The maximum Gasteiger partial charge on any atom is 0.341 e. The monoisotopic (exact) mass is 409 g/mol. The van der Waals surface area contributed by atoms with Crippen LogP contribution in [0.5, 0.6) is 0 Å². The van der Waals surface area contributed by atoms with Gasteiger partial charge in [-0.05, 0) is 42.5 Å². The van der Waals surface area contributed by atoms with Crippen LogP contribution in [0.15, 0.2) is 41.3 Å². The molecule has 2 aliphatic rings. The number of hydrogen-bond acceptors (Lipinski definition) is 4. The number of pyridine rings is 1. The van der Waals surface area contributed by atoms with Crippen molar-refractivity contribution in [3.8, 4) is 0 Å². The van der Waals surface area contributed by atoms with Crippen molar-refractivity contribution >= 4 is 11.9 Å². The van der Waals surface area contributed by atoms with Crippen LogP contribution >= 0.6 is 0 Å². The Hall–Kier alpha value is -2.93. The van der Waals surface area contributed by atoms with Gasteiger partial charge in [-0.3, -0.25) is 14.5 Å². The summed E-state index contributed by atoms with van der Waals surface area (Å²) in [6.07, 6.45) is 3.98. The van der Waals surface area contributed by atoms with Gasteiger partial charge >= 0.3 is 5.97 Å². The Labute approximate surface area is 175 Å². The first-order valence-electron chi connectivity index (χ1n) is 10.5. The van der Waals surface area contributed by atoms with Gasteiger partial charge in [0.15, 0.2) is 0 Å². The molecule has 0 spiro atoms. The molecule has 1 fully saturated rings. The molecule has 1 aromatic heterocycles. The number of carboxylic acids is 1. The summed E-state index contributed by atoms with van der Waals surface area (Å²) in [5.74, 6) is -1.22. The van der Waals surface area contributed by atoms with Gasteiger partial charge < -0.3 is 14.6 Å². The van der Waals surface area contributed by atoms with Gasteiger partial charge in [-0.1, -0.05) is 30.3 Å². The van der Waals surface area contributed by atoms with Crippen LogP contribution in [0.1, 0.15) is 52.9 Å². The Balaban J connectivity index is 1.65. The van der Waals surface area contributed by atoms with Crippen LogP contribution < -0.4 is 5.56 Å². The van der Waals surface area contributed by atoms with Gasteiger partial charge in [0.2, 0.25) is 5.91 Å². The third-order valence-corrected chi connectivity index (χ3v) is 6.21. The lowest BCUT2D eigenvalue weighted by atomic mass is 9.95. The van der Waals surface area contributed by atoms with E-state index in [0.29, 0.717) is 31.6 Å². The first kappa shape index (κ1) is 20.3. The Kier molecular flexibility index (Phi) is 5.72. The molecule has 1 aromatic carbocycles. The molecule has 0 saturated carbocycles. The van der Waals surface area contributed by atoms with Gasteiger partial charge in [0.25, 0.3) is 5.56 Å². The number of carbonyl (C=O) groups excluding carboxylic acids is 1. The van der Waals surface area contributed by atoms with Crippen molar-refractivity contribution in [3.05, 3.63) is 69.1 Å². The minimum Gasteiger partial charge on any atom is -0.477 e. The number of carbonyl (C=O) groups is 2. The third kappa shape index (κ3) is 4.03. The van der Waals surface area contributed by atoms with E-state index in [1.807, 2.05) is 18.2 Å². The third-order valence-electron chi connectivity index (χ3n) is 6.21. The lowest BCUT2D eigenvalue weighted by Gasteiger charge is -2.35. The average Bonchev–Trinajstić information content (AvgIpc) is 2.73. The number of carboxylic acid groups (broad SMARTS) is 1. The van der Waals surface area contributed by atoms with Crippen molar-refractivity contribution in [2.24, 2.45) is 0 Å². The first-order valence-corrected chi connectivity index (χ1v) is 10.5. The second kappa shape index (κ2) is 8.44. The Morgan fingerprint density at radius 3 is 2.63 bits per heavy atom. The molecule has 2 aromatic rings. The molecule has 1 atom stereocenters. The maximum atomic E-state index is 13.1. The summed E-state index contributed by atoms with van der Waals surface area (Å²) < 4.78 is 1.61. The van der Waals surface area contributed by atoms with Gasteiger partial charge in [-0.2, -0.15) is 0 Å². The van der Waals surface area contributed by atoms with Crippen molar-refractivity contribution in [1.82, 2.24) is 14.4 Å². The highest BCUT2D eigenvalue weighted by Gasteiger charge is 2.30. The largest absolute Gasteiger partial charge is 0.477 e. The molecule has 1 amide bonds. The Bertz CT molecular complexity index is 1020. The van der Waals surface area contributed by atoms with Crippen molar-refractivity contribution in [3.63, 3.8) is 0 Å². The predicted octanol–water partition coefficient (Wildman–Crippen LogP) is 2.29. The van der Waals surface area contributed by atoms with E-state index < -0.39 is 11.5 Å². The number of rotatable bonds is 4. The summed E-state index contributed by atoms with van der Waals surface area (Å²) in [6, 6.07) is 10.1. The normalized spacial score (nSPS) is 19.4. The van der Waals surface area contributed by atoms with Crippen LogP contribution in [0.4, 0.5) is 0 Å². The second-order valence-electron chi connectivity index (χ2n) is 8.23. The molecule has 1 N–H and O–H groups in total. The van der Waals surface area contributed by atoms with Crippen molar-refractivity contribution in [2.75, 3.05) is 19.6 Å². The van der Waals surface area contributed by atoms with Crippen LogP contribution in [-0.2, 0) is 24.3 Å². The number of fused-ring (bicyclic) bond motifs is 1. The lowest BCUT2D eigenvalue weighted by Crippen LogP contribution is -2.43. The van der Waals surface area contributed by atoms with E-state index in [1.165, 1.54) is 12.5 Å². The topological polar surface area (TPSA) is 82.9 Å². The quantitative estimate of drug-likeness (QED) is 0.838. The summed E-state index contributed by atoms with van der Waals surface area (Å²) in [7, 11) is 0. The molecule has 0 unspecified atom stereocenters. The van der Waals surface area contributed by atoms with Crippen molar-refractivity contribution in [2.45, 2.75) is 45.3 Å². The SMILES string of the molecule is CC(=O)N1CCc2c(cn([C@H]3CCCN(Cc4ccccc4)C3)c(=O)c2C(=O)O)C1. The van der Waals surface area contributed by atoms with Gasteiger partial charge in [0, 0.05) is 45.3 Å². The summed E-state index contributed by atoms with van der Waals surface area (Å²) in [6.45, 7) is 4.77. The van der Waals surface area contributed by atoms with E-state index in [2.05, 4.69) is 17.0 Å². The molecular weight excluding hydrogens is 382 g/mol. The zero-order valence-corrected chi connectivity index (χ0v) is 17.2. The van der Waals surface area contributed by atoms with Crippen molar-refractivity contribution < 1.29 is 14.7 Å². The van der Waals surface area contributed by atoms with Crippen LogP contribution in [0.2, 0.25) is 0 Å². The lowest BCUT2D eigenvalue weighted by molar-refractivity contribution is -0.129. The maximum absolute atomic E-state index is 13.1. The van der Waals surface area contributed by atoms with E-state index in [1.54, 1.807) is 15.7 Å². The van der Waals surface area contributed by atoms with Crippen LogP contribution in [-0.4, -0.2) is 51.0 Å². The molecule has 158 valence electrons. The Morgan fingerprint density at radius 2 is 1.93 bits per heavy atom. The molecule has 0 radical (unpaired) electrons. The molecule has 3 heterocycles. The fourth-order valence-electron chi connectivity index (χ4n) is 4.68. The summed E-state index contributed by atoms with van der Waals surface area (Å²) in [4.78, 5) is 40.9. The van der Waals surface area contributed by atoms with Crippen LogP contribution in [0.25, 0.3) is 0 Å². The minimum atomic E-state index is -1.18. The highest BCUT2D eigenvalue weighted by molar-refractivity contribution is 5.89. The average molecular weight is 409 g/mol. The smallest absolute Gasteiger partial charge is 0.341 e. The molecule has 1 saturated heterocycles. The molecule has 30 heavy (non-hydrogen) atoms. The molecule has 7 heteroatoms. The first-order chi connectivity index (χ1) is 14.4. The molecule has 0 bridgehead atoms. The van der Waals surface area contributed by atoms with Gasteiger partial charge in [0.05, 0.1) is 0 Å². The molecule has 0 aliphatic carbocycles. The van der Waals surface area contributed by atoms with E-state index in [0.717, 1.165) is 31.5 Å². The summed E-state index contributed by atoms with van der Waals surface area (Å²) in [5, 5.41) is 9.76. The molecule has 4 rings (SSSR count). The Morgan fingerprint density at radius 1 is 1.17 bits per heavy atom. The number of nitrogens with zero attached hydrogens (tertiary/aromatic N) is 3. The van der Waals surface area contributed by atoms with Gasteiger partial charge in [0.1, 0.15) is 5.56 Å². The highest BCUT2D eigenvalue weighted by Crippen LogP contribution is 2.26. The second-order valence-corrected chi connectivity index (χ2v) is 8.23. The van der Waals surface area contributed by atoms with Crippen molar-refractivity contribution in [1.29, 1.82) is 0 Å². The number of piperidine rings is 1. The van der Waals surface area contributed by atoms with E-state index in [9.17, 15) is 19.5 Å². The number of benzene rings is 1. The number of aromatic nitrogens is 1. The molecular formula is C23H27N3O4. The van der Waals surface area contributed by atoms with Crippen LogP contribution in [0.3, 0.4) is 0 Å². The summed E-state index contributed by atoms with van der Waals surface area (Å²) in [5.41, 5.74) is 2.02. The molecule has 2 aliphatic heterocycles. The zero-order chi connectivity index (χ0) is 21.3. The highest BCUT2D eigenvalue weighted by atomic mass is 16.4. The predicted molar refractivity (Wildman–Crippen MR) is 112 cm³/mol. The minimum absolute atomic E-state index is 0.0398. The number of hydrogen-bond donors (Lipinski definition) is 1. The standard InChI is InChI=1S/C23H27N3O4/c1-16(27)25-11-9-20-18(13-25)14-26(22(28)21(20)23(29)30)19-8-5-10-24(15-19)12-17-6-3-2-4-7-17/h2-4,6-7,14,19H,5,8-13,15H2,1H3,(H,29,30)/t19-/m0/s1. The van der Waals surface area contributed by atoms with E-state index in [4.69, 9.17) is 0 Å². The van der Waals surface area contributed by atoms with Gasteiger partial charge in [-0.15, -0.1) is 0 Å².